The maximum Gasteiger partial charge on any atom is 0.195 e. The zero-order valence-electron chi connectivity index (χ0n) is 16.9. The number of benzene rings is 1. The molecule has 0 saturated heterocycles. The molecule has 1 aromatic carbocycles. The van der Waals surface area contributed by atoms with Gasteiger partial charge in [-0.15, -0.1) is 0 Å². The second-order valence-electron chi connectivity index (χ2n) is 6.30. The molecule has 0 bridgehead atoms. The second-order valence-corrected chi connectivity index (χ2v) is 6.30. The Labute approximate surface area is 158 Å². The van der Waals surface area contributed by atoms with Gasteiger partial charge in [-0.3, -0.25) is 4.99 Å². The normalized spacial score (nSPS) is 12.0. The predicted octanol–water partition coefficient (Wildman–Crippen LogP) is 3.66. The zero-order valence-corrected chi connectivity index (χ0v) is 16.9. The summed E-state index contributed by atoms with van der Waals surface area (Å²) in [5.41, 5.74) is 0.916. The van der Waals surface area contributed by atoms with Gasteiger partial charge in [0.1, 0.15) is 0 Å². The lowest BCUT2D eigenvalue weighted by Crippen LogP contribution is -2.33. The van der Waals surface area contributed by atoms with Gasteiger partial charge < -0.3 is 25.2 Å². The number of methoxy groups -OCH3 is 1. The lowest BCUT2D eigenvalue weighted by Gasteiger charge is -2.29. The summed E-state index contributed by atoms with van der Waals surface area (Å²) >= 11 is 0. The summed E-state index contributed by atoms with van der Waals surface area (Å²) in [6.07, 6.45) is 2.74. The van der Waals surface area contributed by atoms with Crippen LogP contribution in [0.2, 0.25) is 0 Å². The quantitative estimate of drug-likeness (QED) is 0.412. The van der Waals surface area contributed by atoms with Crippen molar-refractivity contribution in [1.29, 1.82) is 0 Å². The van der Waals surface area contributed by atoms with Gasteiger partial charge in [0, 0.05) is 31.5 Å². The molecule has 0 aromatic heterocycles. The van der Waals surface area contributed by atoms with Gasteiger partial charge in [0.25, 0.3) is 0 Å². The van der Waals surface area contributed by atoms with Crippen LogP contribution in [0.15, 0.2) is 23.2 Å². The molecule has 26 heavy (non-hydrogen) atoms. The standard InChI is InChI=1S/C20H35N3O3/c1-6-20(7-2,12-13-24)15-22-19(21-8-3)23-16-10-11-17(26-9-4)18(14-16)25-5/h10-11,14,24H,6-9,12-13,15H2,1-5H3,(H2,21,22,23). The fourth-order valence-electron chi connectivity index (χ4n) is 2.85. The highest BCUT2D eigenvalue weighted by Gasteiger charge is 2.25. The van der Waals surface area contributed by atoms with Crippen molar-refractivity contribution < 1.29 is 14.6 Å². The summed E-state index contributed by atoms with van der Waals surface area (Å²) in [4.78, 5) is 4.77. The summed E-state index contributed by atoms with van der Waals surface area (Å²) < 4.78 is 11.0. The molecule has 0 radical (unpaired) electrons. The lowest BCUT2D eigenvalue weighted by molar-refractivity contribution is 0.175. The van der Waals surface area contributed by atoms with Crippen molar-refractivity contribution in [2.75, 3.05) is 38.7 Å². The van der Waals surface area contributed by atoms with Crippen LogP contribution in [0.5, 0.6) is 11.5 Å². The van der Waals surface area contributed by atoms with E-state index in [0.29, 0.717) is 18.9 Å². The molecule has 148 valence electrons. The Hall–Kier alpha value is -1.95. The van der Waals surface area contributed by atoms with Crippen molar-refractivity contribution in [2.45, 2.75) is 47.0 Å². The molecule has 0 atom stereocenters. The van der Waals surface area contributed by atoms with Crippen LogP contribution in [-0.2, 0) is 0 Å². The number of ether oxygens (including phenoxy) is 2. The molecule has 0 fully saturated rings. The number of nitrogens with zero attached hydrogens (tertiary/aromatic N) is 1. The topological polar surface area (TPSA) is 75.1 Å². The molecule has 0 aliphatic rings. The molecule has 0 saturated carbocycles. The Kier molecular flexibility index (Phi) is 9.88. The van der Waals surface area contributed by atoms with Gasteiger partial charge in [-0.2, -0.15) is 0 Å². The summed E-state index contributed by atoms with van der Waals surface area (Å²) in [7, 11) is 1.63. The molecule has 0 amide bonds. The van der Waals surface area contributed by atoms with Crippen LogP contribution in [0.4, 0.5) is 5.69 Å². The minimum absolute atomic E-state index is 0.0353. The number of aliphatic imine (C=N–C) groups is 1. The average molecular weight is 366 g/mol. The van der Waals surface area contributed by atoms with E-state index in [1.165, 1.54) is 0 Å². The van der Waals surface area contributed by atoms with E-state index in [1.807, 2.05) is 32.0 Å². The van der Waals surface area contributed by atoms with E-state index in [9.17, 15) is 5.11 Å². The fraction of sp³-hybridized carbons (Fsp3) is 0.650. The van der Waals surface area contributed by atoms with Crippen LogP contribution in [0.1, 0.15) is 47.0 Å². The maximum absolute atomic E-state index is 9.39. The van der Waals surface area contributed by atoms with Crippen LogP contribution in [0, 0.1) is 5.41 Å². The number of guanidine groups is 1. The van der Waals surface area contributed by atoms with Crippen molar-refractivity contribution in [3.05, 3.63) is 18.2 Å². The first kappa shape index (κ1) is 22.1. The van der Waals surface area contributed by atoms with Crippen molar-refractivity contribution in [3.8, 4) is 11.5 Å². The number of anilines is 1. The number of nitrogens with one attached hydrogen (secondary N) is 2. The summed E-state index contributed by atoms with van der Waals surface area (Å²) in [5.74, 6) is 2.13. The molecular weight excluding hydrogens is 330 g/mol. The van der Waals surface area contributed by atoms with Gasteiger partial charge >= 0.3 is 0 Å². The predicted molar refractivity (Wildman–Crippen MR) is 108 cm³/mol. The van der Waals surface area contributed by atoms with E-state index in [-0.39, 0.29) is 12.0 Å². The first-order chi connectivity index (χ1) is 12.6. The Bertz CT molecular complexity index is 557. The number of aliphatic hydroxyl groups excluding tert-OH is 1. The third-order valence-corrected chi connectivity index (χ3v) is 4.79. The monoisotopic (exact) mass is 365 g/mol. The van der Waals surface area contributed by atoms with E-state index in [0.717, 1.165) is 43.2 Å². The molecule has 0 spiro atoms. The minimum atomic E-state index is 0.0353. The first-order valence-electron chi connectivity index (χ1n) is 9.55. The zero-order chi connectivity index (χ0) is 19.4. The Morgan fingerprint density at radius 1 is 1.15 bits per heavy atom. The van der Waals surface area contributed by atoms with Gasteiger partial charge in [-0.25, -0.2) is 0 Å². The maximum atomic E-state index is 9.39. The largest absolute Gasteiger partial charge is 0.493 e. The average Bonchev–Trinajstić information content (AvgIpc) is 2.66. The van der Waals surface area contributed by atoms with Crippen LogP contribution in [-0.4, -0.2) is 44.5 Å². The highest BCUT2D eigenvalue weighted by atomic mass is 16.5. The van der Waals surface area contributed by atoms with Gasteiger partial charge in [-0.05, 0) is 50.7 Å². The number of aliphatic hydroxyl groups is 1. The van der Waals surface area contributed by atoms with E-state index < -0.39 is 0 Å². The molecule has 1 rings (SSSR count). The van der Waals surface area contributed by atoms with E-state index in [2.05, 4.69) is 24.5 Å². The summed E-state index contributed by atoms with van der Waals surface area (Å²) in [6.45, 7) is 10.5. The van der Waals surface area contributed by atoms with Crippen molar-refractivity contribution >= 4 is 11.6 Å². The Morgan fingerprint density at radius 3 is 2.42 bits per heavy atom. The molecule has 6 nitrogen and oxygen atoms in total. The molecule has 6 heteroatoms. The van der Waals surface area contributed by atoms with Crippen LogP contribution < -0.4 is 20.1 Å². The van der Waals surface area contributed by atoms with E-state index >= 15 is 0 Å². The number of hydrogen-bond acceptors (Lipinski definition) is 4. The molecule has 3 N–H and O–H groups in total. The highest BCUT2D eigenvalue weighted by Crippen LogP contribution is 2.31. The Balaban J connectivity index is 2.96. The molecule has 0 aliphatic carbocycles. The van der Waals surface area contributed by atoms with Crippen molar-refractivity contribution in [1.82, 2.24) is 5.32 Å². The SMILES string of the molecule is CCNC(=NCC(CC)(CC)CCO)Nc1ccc(OCC)c(OC)c1. The summed E-state index contributed by atoms with van der Waals surface area (Å²) in [6, 6.07) is 5.74. The van der Waals surface area contributed by atoms with Gasteiger partial charge in [0.05, 0.1) is 13.7 Å². The summed E-state index contributed by atoms with van der Waals surface area (Å²) in [5, 5.41) is 16.0. The van der Waals surface area contributed by atoms with E-state index in [1.54, 1.807) is 7.11 Å². The van der Waals surface area contributed by atoms with E-state index in [4.69, 9.17) is 14.5 Å². The molecule has 0 unspecified atom stereocenters. The first-order valence-corrected chi connectivity index (χ1v) is 9.55. The van der Waals surface area contributed by atoms with Crippen LogP contribution >= 0.6 is 0 Å². The number of hydrogen-bond donors (Lipinski definition) is 3. The fourth-order valence-corrected chi connectivity index (χ4v) is 2.85. The van der Waals surface area contributed by atoms with Crippen molar-refractivity contribution in [3.63, 3.8) is 0 Å². The second kappa shape index (κ2) is 11.6. The van der Waals surface area contributed by atoms with Gasteiger partial charge in [0.15, 0.2) is 17.5 Å². The molecular formula is C20H35N3O3. The third kappa shape index (κ3) is 6.41. The highest BCUT2D eigenvalue weighted by molar-refractivity contribution is 5.93. The Morgan fingerprint density at radius 2 is 1.88 bits per heavy atom. The van der Waals surface area contributed by atoms with Crippen molar-refractivity contribution in [2.24, 2.45) is 10.4 Å². The number of rotatable bonds is 11. The lowest BCUT2D eigenvalue weighted by atomic mass is 9.79. The smallest absolute Gasteiger partial charge is 0.195 e. The van der Waals surface area contributed by atoms with Gasteiger partial charge in [-0.1, -0.05) is 13.8 Å². The third-order valence-electron chi connectivity index (χ3n) is 4.79. The molecule has 0 aliphatic heterocycles. The molecule has 0 heterocycles. The minimum Gasteiger partial charge on any atom is -0.493 e. The van der Waals surface area contributed by atoms with Crippen LogP contribution in [0.25, 0.3) is 0 Å². The molecule has 1 aromatic rings. The van der Waals surface area contributed by atoms with Crippen LogP contribution in [0.3, 0.4) is 0 Å². The van der Waals surface area contributed by atoms with Gasteiger partial charge in [0.2, 0.25) is 0 Å².